The average Bonchev–Trinajstić information content (AvgIpc) is 1.99. The second kappa shape index (κ2) is 5.78. The minimum absolute atomic E-state index is 0.0234. The second-order valence-electron chi connectivity index (χ2n) is 4.19. The second-order valence-corrected chi connectivity index (χ2v) is 4.19. The Bertz CT molecular complexity index is 207. The van der Waals surface area contributed by atoms with Crippen molar-refractivity contribution in [1.82, 2.24) is 0 Å². The molecule has 0 amide bonds. The summed E-state index contributed by atoms with van der Waals surface area (Å²) < 4.78 is 5.24. The fourth-order valence-corrected chi connectivity index (χ4v) is 1.29. The summed E-state index contributed by atoms with van der Waals surface area (Å²) >= 11 is 0. The molecule has 0 saturated heterocycles. The molecule has 0 aromatic heterocycles. The highest BCUT2D eigenvalue weighted by Crippen LogP contribution is 2.17. The van der Waals surface area contributed by atoms with E-state index in [9.17, 15) is 9.59 Å². The van der Waals surface area contributed by atoms with Crippen LogP contribution in [0.1, 0.15) is 53.4 Å². The van der Waals surface area contributed by atoms with Crippen molar-refractivity contribution >= 4 is 11.8 Å². The van der Waals surface area contributed by atoms with Crippen molar-refractivity contribution < 1.29 is 14.3 Å². The van der Waals surface area contributed by atoms with Crippen LogP contribution in [0.25, 0.3) is 0 Å². The zero-order valence-corrected chi connectivity index (χ0v) is 9.55. The highest BCUT2D eigenvalue weighted by molar-refractivity contribution is 5.81. The molecule has 0 aliphatic carbocycles. The first-order valence-electron chi connectivity index (χ1n) is 5.08. The molecular formula is C11H20O3. The lowest BCUT2D eigenvalue weighted by atomic mass is 10.0. The molecule has 0 aromatic carbocycles. The first kappa shape index (κ1) is 13.1. The molecule has 0 unspecified atom stereocenters. The maximum absolute atomic E-state index is 11.3. The SMILES string of the molecule is CCCC(C)(C)OC(=O)CCC(C)=O. The molecule has 3 nitrogen and oxygen atoms in total. The Balaban J connectivity index is 3.86. The molecule has 0 rings (SSSR count). The van der Waals surface area contributed by atoms with Crippen LogP contribution in [0, 0.1) is 0 Å². The van der Waals surface area contributed by atoms with Gasteiger partial charge in [-0.15, -0.1) is 0 Å². The summed E-state index contributed by atoms with van der Waals surface area (Å²) in [5.41, 5.74) is -0.400. The van der Waals surface area contributed by atoms with E-state index >= 15 is 0 Å². The minimum atomic E-state index is -0.400. The van der Waals surface area contributed by atoms with Gasteiger partial charge in [-0.1, -0.05) is 13.3 Å². The van der Waals surface area contributed by atoms with Gasteiger partial charge in [0.15, 0.2) is 0 Å². The van der Waals surface area contributed by atoms with Gasteiger partial charge >= 0.3 is 5.97 Å². The Morgan fingerprint density at radius 2 is 1.79 bits per heavy atom. The van der Waals surface area contributed by atoms with Gasteiger partial charge in [0.25, 0.3) is 0 Å². The Hall–Kier alpha value is -0.860. The Kier molecular flexibility index (Phi) is 5.43. The molecule has 14 heavy (non-hydrogen) atoms. The van der Waals surface area contributed by atoms with Crippen molar-refractivity contribution in [3.8, 4) is 0 Å². The number of esters is 1. The summed E-state index contributed by atoms with van der Waals surface area (Å²) in [6.07, 6.45) is 2.30. The van der Waals surface area contributed by atoms with Crippen LogP contribution in [0.5, 0.6) is 0 Å². The normalized spacial score (nSPS) is 11.1. The van der Waals surface area contributed by atoms with Crippen LogP contribution in [-0.2, 0) is 14.3 Å². The van der Waals surface area contributed by atoms with E-state index in [1.165, 1.54) is 6.92 Å². The van der Waals surface area contributed by atoms with Gasteiger partial charge in [-0.25, -0.2) is 0 Å². The van der Waals surface area contributed by atoms with Crippen LogP contribution >= 0.6 is 0 Å². The predicted molar refractivity (Wildman–Crippen MR) is 55.0 cm³/mol. The zero-order valence-electron chi connectivity index (χ0n) is 9.55. The number of hydrogen-bond acceptors (Lipinski definition) is 3. The third kappa shape index (κ3) is 6.63. The molecule has 0 spiro atoms. The average molecular weight is 200 g/mol. The van der Waals surface area contributed by atoms with E-state index in [-0.39, 0.29) is 24.6 Å². The highest BCUT2D eigenvalue weighted by Gasteiger charge is 2.21. The number of ether oxygens (including phenoxy) is 1. The molecule has 0 bridgehead atoms. The van der Waals surface area contributed by atoms with Gasteiger partial charge < -0.3 is 9.53 Å². The number of rotatable bonds is 6. The van der Waals surface area contributed by atoms with Gasteiger partial charge in [-0.05, 0) is 27.2 Å². The van der Waals surface area contributed by atoms with Gasteiger partial charge in [0.05, 0.1) is 6.42 Å². The third-order valence-electron chi connectivity index (χ3n) is 1.92. The lowest BCUT2D eigenvalue weighted by molar-refractivity contribution is -0.157. The van der Waals surface area contributed by atoms with Gasteiger partial charge in [0.1, 0.15) is 11.4 Å². The van der Waals surface area contributed by atoms with E-state index in [0.717, 1.165) is 12.8 Å². The number of ketones is 1. The number of carbonyl (C=O) groups excluding carboxylic acids is 2. The highest BCUT2D eigenvalue weighted by atomic mass is 16.6. The van der Waals surface area contributed by atoms with Gasteiger partial charge in [-0.3, -0.25) is 4.79 Å². The number of carbonyl (C=O) groups is 2. The standard InChI is InChI=1S/C11H20O3/c1-5-8-11(3,4)14-10(13)7-6-9(2)12/h5-8H2,1-4H3. The molecule has 3 heteroatoms. The molecule has 0 aliphatic heterocycles. The maximum Gasteiger partial charge on any atom is 0.306 e. The molecule has 0 saturated carbocycles. The zero-order chi connectivity index (χ0) is 11.2. The van der Waals surface area contributed by atoms with E-state index in [0.29, 0.717) is 0 Å². The van der Waals surface area contributed by atoms with Crippen molar-refractivity contribution in [2.24, 2.45) is 0 Å². The fourth-order valence-electron chi connectivity index (χ4n) is 1.29. The summed E-state index contributed by atoms with van der Waals surface area (Å²) in [5, 5.41) is 0. The topological polar surface area (TPSA) is 43.4 Å². The van der Waals surface area contributed by atoms with Crippen molar-refractivity contribution in [1.29, 1.82) is 0 Å². The lowest BCUT2D eigenvalue weighted by Crippen LogP contribution is -2.27. The summed E-state index contributed by atoms with van der Waals surface area (Å²) in [6, 6.07) is 0. The first-order chi connectivity index (χ1) is 6.37. The Morgan fingerprint density at radius 1 is 1.21 bits per heavy atom. The van der Waals surface area contributed by atoms with Crippen LogP contribution in [0.4, 0.5) is 0 Å². The summed E-state index contributed by atoms with van der Waals surface area (Å²) in [4.78, 5) is 21.9. The molecule has 0 aromatic rings. The van der Waals surface area contributed by atoms with Gasteiger partial charge in [0.2, 0.25) is 0 Å². The predicted octanol–water partition coefficient (Wildman–Crippen LogP) is 2.48. The van der Waals surface area contributed by atoms with Crippen LogP contribution in [-0.4, -0.2) is 17.4 Å². The van der Waals surface area contributed by atoms with Crippen LogP contribution in [0.2, 0.25) is 0 Å². The lowest BCUT2D eigenvalue weighted by Gasteiger charge is -2.24. The van der Waals surface area contributed by atoms with E-state index in [2.05, 4.69) is 0 Å². The molecule has 82 valence electrons. The largest absolute Gasteiger partial charge is 0.460 e. The summed E-state index contributed by atoms with van der Waals surface area (Å²) in [6.45, 7) is 7.31. The van der Waals surface area contributed by atoms with Crippen molar-refractivity contribution in [3.63, 3.8) is 0 Å². The van der Waals surface area contributed by atoms with E-state index in [1.54, 1.807) is 0 Å². The van der Waals surface area contributed by atoms with Crippen LogP contribution in [0.3, 0.4) is 0 Å². The molecule has 0 fully saturated rings. The Labute approximate surface area is 85.8 Å². The Morgan fingerprint density at radius 3 is 2.21 bits per heavy atom. The minimum Gasteiger partial charge on any atom is -0.460 e. The van der Waals surface area contributed by atoms with Crippen molar-refractivity contribution in [2.45, 2.75) is 59.0 Å². The smallest absolute Gasteiger partial charge is 0.306 e. The van der Waals surface area contributed by atoms with E-state index in [1.807, 2.05) is 20.8 Å². The van der Waals surface area contributed by atoms with Crippen LogP contribution < -0.4 is 0 Å². The van der Waals surface area contributed by atoms with E-state index in [4.69, 9.17) is 4.74 Å². The van der Waals surface area contributed by atoms with Crippen molar-refractivity contribution in [3.05, 3.63) is 0 Å². The summed E-state index contributed by atoms with van der Waals surface area (Å²) in [7, 11) is 0. The van der Waals surface area contributed by atoms with Gasteiger partial charge in [-0.2, -0.15) is 0 Å². The number of Topliss-reactive ketones (excluding diaryl/α,β-unsaturated/α-hetero) is 1. The van der Waals surface area contributed by atoms with Gasteiger partial charge in [0, 0.05) is 6.42 Å². The molecular weight excluding hydrogens is 180 g/mol. The molecule has 0 heterocycles. The quantitative estimate of drug-likeness (QED) is 0.619. The number of hydrogen-bond donors (Lipinski definition) is 0. The monoisotopic (exact) mass is 200 g/mol. The van der Waals surface area contributed by atoms with Crippen molar-refractivity contribution in [2.75, 3.05) is 0 Å². The fraction of sp³-hybridized carbons (Fsp3) is 0.818. The van der Waals surface area contributed by atoms with Crippen LogP contribution in [0.15, 0.2) is 0 Å². The molecule has 0 aliphatic rings. The molecule has 0 atom stereocenters. The summed E-state index contributed by atoms with van der Waals surface area (Å²) in [5.74, 6) is -0.256. The van der Waals surface area contributed by atoms with E-state index < -0.39 is 5.60 Å². The first-order valence-corrected chi connectivity index (χ1v) is 5.08. The molecule has 0 radical (unpaired) electrons. The molecule has 0 N–H and O–H groups in total. The maximum atomic E-state index is 11.3. The third-order valence-corrected chi connectivity index (χ3v) is 1.92.